The second kappa shape index (κ2) is 10.5. The lowest BCUT2D eigenvalue weighted by Gasteiger charge is -2.19. The van der Waals surface area contributed by atoms with Crippen LogP contribution < -0.4 is 20.9 Å². The smallest absolute Gasteiger partial charge is 0.259 e. The van der Waals surface area contributed by atoms with Crippen molar-refractivity contribution < 1.29 is 9.53 Å². The summed E-state index contributed by atoms with van der Waals surface area (Å²) in [5.74, 6) is 0.703. The third kappa shape index (κ3) is 5.47. The van der Waals surface area contributed by atoms with Gasteiger partial charge in [-0.25, -0.2) is 0 Å². The molecule has 3 aromatic rings. The molecule has 1 aromatic carbocycles. The van der Waals surface area contributed by atoms with E-state index < -0.39 is 0 Å². The third-order valence-corrected chi connectivity index (χ3v) is 6.73. The molecule has 0 spiro atoms. The third-order valence-electron chi connectivity index (χ3n) is 6.51. The van der Waals surface area contributed by atoms with Gasteiger partial charge in [-0.2, -0.15) is 0 Å². The number of hydrogen-bond donors (Lipinski definition) is 3. The van der Waals surface area contributed by atoms with E-state index in [0.717, 1.165) is 54.7 Å². The van der Waals surface area contributed by atoms with Gasteiger partial charge in [0.15, 0.2) is 0 Å². The molecule has 1 saturated heterocycles. The van der Waals surface area contributed by atoms with Crippen molar-refractivity contribution in [2.45, 2.75) is 32.4 Å². The number of ether oxygens (including phenoxy) is 1. The van der Waals surface area contributed by atoms with Crippen LogP contribution in [0.15, 0.2) is 53.6 Å². The fraction of sp³-hybridized carbons (Fsp3) is 0.296. The van der Waals surface area contributed by atoms with Crippen molar-refractivity contribution in [1.82, 2.24) is 20.6 Å². The van der Waals surface area contributed by atoms with E-state index in [1.54, 1.807) is 30.6 Å². The number of hydrogen-bond acceptors (Lipinski definition) is 5. The first-order valence-electron chi connectivity index (χ1n) is 11.8. The second-order valence-corrected chi connectivity index (χ2v) is 9.35. The predicted molar refractivity (Wildman–Crippen MR) is 136 cm³/mol. The van der Waals surface area contributed by atoms with Crippen molar-refractivity contribution in [1.29, 1.82) is 0 Å². The summed E-state index contributed by atoms with van der Waals surface area (Å²) in [4.78, 5) is 32.1. The van der Waals surface area contributed by atoms with E-state index in [-0.39, 0.29) is 24.0 Å². The number of nitrogens with one attached hydrogen (secondary N) is 3. The number of fused-ring (bicyclic) bond motifs is 1. The molecule has 1 atom stereocenters. The number of aromatic nitrogens is 2. The molecular formula is C27H27ClN4O3. The van der Waals surface area contributed by atoms with Crippen LogP contribution in [0.2, 0.25) is 5.02 Å². The van der Waals surface area contributed by atoms with E-state index in [1.807, 2.05) is 6.07 Å². The first-order chi connectivity index (χ1) is 17.1. The number of benzene rings is 1. The number of nitrogens with zero attached hydrogens (tertiary/aromatic N) is 1. The van der Waals surface area contributed by atoms with Crippen LogP contribution in [0.25, 0.3) is 11.6 Å². The van der Waals surface area contributed by atoms with Gasteiger partial charge in [0.05, 0.1) is 22.2 Å². The monoisotopic (exact) mass is 490 g/mol. The Morgan fingerprint density at radius 2 is 2.11 bits per heavy atom. The summed E-state index contributed by atoms with van der Waals surface area (Å²) in [7, 11) is 0. The molecule has 35 heavy (non-hydrogen) atoms. The van der Waals surface area contributed by atoms with E-state index in [9.17, 15) is 9.59 Å². The highest BCUT2D eigenvalue weighted by Crippen LogP contribution is 2.33. The molecule has 1 aliphatic heterocycles. The van der Waals surface area contributed by atoms with Crippen molar-refractivity contribution in [3.63, 3.8) is 0 Å². The number of halogens is 1. The van der Waals surface area contributed by atoms with Gasteiger partial charge in [-0.1, -0.05) is 35.9 Å². The van der Waals surface area contributed by atoms with Crippen LogP contribution >= 0.6 is 11.6 Å². The van der Waals surface area contributed by atoms with Gasteiger partial charge in [-0.15, -0.1) is 0 Å². The standard InChI is InChI=1S/C27H27ClN4O3/c28-22-5-6-23(31-15-22)16-35-24-8-10-30-27(34)25(24)20-4-3-18-11-17(1-2-19(18)12-20)13-32-26(33)21-7-9-29-14-21/h1-2,5-6,8,10-12,15,21,29H,3-4,7,9,13-14,16H2,(H,30,34)(H,32,33)/t21-/m0/s1. The molecular weight excluding hydrogens is 464 g/mol. The number of allylic oxidation sites excluding steroid dienone is 1. The lowest BCUT2D eigenvalue weighted by molar-refractivity contribution is -0.124. The zero-order valence-electron chi connectivity index (χ0n) is 19.3. The zero-order valence-corrected chi connectivity index (χ0v) is 20.0. The molecule has 180 valence electrons. The van der Waals surface area contributed by atoms with Gasteiger partial charge in [0.1, 0.15) is 12.4 Å². The average Bonchev–Trinajstić information content (AvgIpc) is 3.42. The summed E-state index contributed by atoms with van der Waals surface area (Å²) in [6, 6.07) is 11.6. The van der Waals surface area contributed by atoms with Crippen LogP contribution in [0.4, 0.5) is 0 Å². The summed E-state index contributed by atoms with van der Waals surface area (Å²) in [5.41, 5.74) is 5.41. The van der Waals surface area contributed by atoms with Crippen LogP contribution in [0, 0.1) is 5.92 Å². The van der Waals surface area contributed by atoms with Crippen LogP contribution in [0.5, 0.6) is 5.75 Å². The van der Waals surface area contributed by atoms with E-state index in [1.165, 1.54) is 5.56 Å². The molecule has 2 aromatic heterocycles. The fourth-order valence-corrected chi connectivity index (χ4v) is 4.70. The topological polar surface area (TPSA) is 96.1 Å². The fourth-order valence-electron chi connectivity index (χ4n) is 4.59. The van der Waals surface area contributed by atoms with Gasteiger partial charge in [0.2, 0.25) is 5.91 Å². The molecule has 3 heterocycles. The summed E-state index contributed by atoms with van der Waals surface area (Å²) in [5, 5.41) is 6.85. The Kier molecular flexibility index (Phi) is 6.97. The lowest BCUT2D eigenvalue weighted by Crippen LogP contribution is -2.31. The zero-order chi connectivity index (χ0) is 24.2. The first kappa shape index (κ1) is 23.3. The molecule has 2 aliphatic rings. The minimum absolute atomic E-state index is 0.0639. The number of amides is 1. The Hall–Kier alpha value is -3.42. The van der Waals surface area contributed by atoms with Crippen molar-refractivity contribution >= 4 is 29.2 Å². The molecule has 7 nitrogen and oxygen atoms in total. The summed E-state index contributed by atoms with van der Waals surface area (Å²) in [6.45, 7) is 2.42. The molecule has 1 aliphatic carbocycles. The van der Waals surface area contributed by atoms with E-state index in [2.05, 4.69) is 38.8 Å². The molecule has 0 bridgehead atoms. The highest BCUT2D eigenvalue weighted by Gasteiger charge is 2.22. The number of pyridine rings is 2. The van der Waals surface area contributed by atoms with Gasteiger partial charge in [0, 0.05) is 25.5 Å². The molecule has 1 fully saturated rings. The van der Waals surface area contributed by atoms with Gasteiger partial charge in [0.25, 0.3) is 5.56 Å². The van der Waals surface area contributed by atoms with Crippen molar-refractivity contribution in [3.05, 3.63) is 92.1 Å². The largest absolute Gasteiger partial charge is 0.486 e. The van der Waals surface area contributed by atoms with Gasteiger partial charge in [-0.05, 0) is 66.3 Å². The minimum atomic E-state index is -0.179. The van der Waals surface area contributed by atoms with Crippen molar-refractivity contribution in [2.24, 2.45) is 5.92 Å². The van der Waals surface area contributed by atoms with Crippen LogP contribution in [0.3, 0.4) is 0 Å². The SMILES string of the molecule is O=C(NCc1ccc2c(c1)CCC(c1c(OCc3ccc(Cl)cn3)cc[nH]c1=O)=C2)[C@H]1CCNC1. The quantitative estimate of drug-likeness (QED) is 0.469. The number of aryl methyl sites for hydroxylation is 1. The Bertz CT molecular complexity index is 1310. The van der Waals surface area contributed by atoms with Crippen molar-refractivity contribution in [3.8, 4) is 5.75 Å². The number of rotatable bonds is 7. The maximum atomic E-state index is 12.8. The normalized spacial score (nSPS) is 16.9. The number of carbonyl (C=O) groups is 1. The van der Waals surface area contributed by atoms with Crippen LogP contribution in [0.1, 0.15) is 40.8 Å². The Morgan fingerprint density at radius 1 is 1.20 bits per heavy atom. The van der Waals surface area contributed by atoms with Crippen molar-refractivity contribution in [2.75, 3.05) is 13.1 Å². The van der Waals surface area contributed by atoms with Gasteiger partial charge < -0.3 is 20.4 Å². The molecule has 0 radical (unpaired) electrons. The molecule has 0 saturated carbocycles. The van der Waals surface area contributed by atoms with E-state index in [4.69, 9.17) is 16.3 Å². The minimum Gasteiger partial charge on any atom is -0.486 e. The highest BCUT2D eigenvalue weighted by atomic mass is 35.5. The highest BCUT2D eigenvalue weighted by molar-refractivity contribution is 6.30. The molecule has 3 N–H and O–H groups in total. The maximum Gasteiger partial charge on any atom is 0.259 e. The predicted octanol–water partition coefficient (Wildman–Crippen LogP) is 3.71. The van der Waals surface area contributed by atoms with E-state index >= 15 is 0 Å². The first-order valence-corrected chi connectivity index (χ1v) is 12.2. The Morgan fingerprint density at radius 3 is 2.91 bits per heavy atom. The molecule has 8 heteroatoms. The summed E-state index contributed by atoms with van der Waals surface area (Å²) < 4.78 is 5.99. The van der Waals surface area contributed by atoms with Gasteiger partial charge in [-0.3, -0.25) is 14.6 Å². The molecule has 5 rings (SSSR count). The van der Waals surface area contributed by atoms with Crippen LogP contribution in [-0.4, -0.2) is 29.0 Å². The van der Waals surface area contributed by atoms with Gasteiger partial charge >= 0.3 is 0 Å². The number of carbonyl (C=O) groups excluding carboxylic acids is 1. The number of aromatic amines is 1. The summed E-state index contributed by atoms with van der Waals surface area (Å²) >= 11 is 5.91. The van der Waals surface area contributed by atoms with Crippen LogP contribution in [-0.2, 0) is 24.4 Å². The lowest BCUT2D eigenvalue weighted by atomic mass is 9.88. The maximum absolute atomic E-state index is 12.8. The number of H-pyrrole nitrogens is 1. The van der Waals surface area contributed by atoms with E-state index in [0.29, 0.717) is 22.9 Å². The average molecular weight is 491 g/mol. The molecule has 1 amide bonds. The summed E-state index contributed by atoms with van der Waals surface area (Å²) in [6.07, 6.45) is 7.65. The second-order valence-electron chi connectivity index (χ2n) is 8.91. The molecule has 0 unspecified atom stereocenters. The Labute approximate surface area is 208 Å². The Balaban J connectivity index is 1.31.